The van der Waals surface area contributed by atoms with Crippen LogP contribution in [0.25, 0.3) is 0 Å². The molecule has 1 amide bonds. The highest BCUT2D eigenvalue weighted by molar-refractivity contribution is 9.10. The van der Waals surface area contributed by atoms with E-state index in [0.29, 0.717) is 12.6 Å². The van der Waals surface area contributed by atoms with Crippen molar-refractivity contribution in [3.8, 4) is 0 Å². The van der Waals surface area contributed by atoms with Crippen molar-refractivity contribution in [2.45, 2.75) is 32.2 Å². The molecule has 5 heteroatoms. The van der Waals surface area contributed by atoms with Gasteiger partial charge in [0.1, 0.15) is 0 Å². The van der Waals surface area contributed by atoms with Crippen molar-refractivity contribution in [1.29, 1.82) is 0 Å². The molecule has 0 aliphatic carbocycles. The lowest BCUT2D eigenvalue weighted by Gasteiger charge is -2.23. The van der Waals surface area contributed by atoms with E-state index in [2.05, 4.69) is 31.0 Å². The largest absolute Gasteiger partial charge is 0.325 e. The highest BCUT2D eigenvalue weighted by atomic mass is 79.9. The molecule has 120 valence electrons. The lowest BCUT2D eigenvalue weighted by molar-refractivity contribution is -0.117. The number of amides is 1. The Hall–Kier alpha value is -0.910. The summed E-state index contributed by atoms with van der Waals surface area (Å²) >= 11 is 3.48. The molecule has 3 rings (SSSR count). The number of aryl methyl sites for hydroxylation is 1. The lowest BCUT2D eigenvalue weighted by Crippen LogP contribution is -2.37. The van der Waals surface area contributed by atoms with Gasteiger partial charge in [0.05, 0.1) is 6.54 Å². The summed E-state index contributed by atoms with van der Waals surface area (Å²) in [6, 6.07) is 6.57. The van der Waals surface area contributed by atoms with Crippen LogP contribution in [0, 0.1) is 6.92 Å². The van der Waals surface area contributed by atoms with Crippen LogP contribution in [0.15, 0.2) is 22.7 Å². The number of likely N-dealkylation sites (tertiary alicyclic amines) is 2. The number of benzene rings is 1. The van der Waals surface area contributed by atoms with Crippen molar-refractivity contribution < 1.29 is 4.79 Å². The average Bonchev–Trinajstić information content (AvgIpc) is 3.13. The van der Waals surface area contributed by atoms with E-state index in [1.165, 1.54) is 32.4 Å². The van der Waals surface area contributed by atoms with Crippen LogP contribution in [-0.2, 0) is 4.79 Å². The van der Waals surface area contributed by atoms with E-state index in [4.69, 9.17) is 0 Å². The zero-order chi connectivity index (χ0) is 15.5. The van der Waals surface area contributed by atoms with Crippen molar-refractivity contribution in [2.24, 2.45) is 0 Å². The number of anilines is 1. The Morgan fingerprint density at radius 3 is 2.82 bits per heavy atom. The molecule has 22 heavy (non-hydrogen) atoms. The Bertz CT molecular complexity index is 543. The fraction of sp³-hybridized carbons (Fsp3) is 0.588. The monoisotopic (exact) mass is 365 g/mol. The van der Waals surface area contributed by atoms with Crippen LogP contribution in [0.5, 0.6) is 0 Å². The topological polar surface area (TPSA) is 35.6 Å². The summed E-state index contributed by atoms with van der Waals surface area (Å²) < 4.78 is 1.07. The zero-order valence-corrected chi connectivity index (χ0v) is 14.7. The molecule has 1 aromatic carbocycles. The van der Waals surface area contributed by atoms with Gasteiger partial charge < -0.3 is 5.32 Å². The quantitative estimate of drug-likeness (QED) is 0.890. The van der Waals surface area contributed by atoms with E-state index in [9.17, 15) is 4.79 Å². The first-order valence-corrected chi connectivity index (χ1v) is 8.93. The van der Waals surface area contributed by atoms with E-state index < -0.39 is 0 Å². The van der Waals surface area contributed by atoms with Crippen LogP contribution in [-0.4, -0.2) is 54.5 Å². The van der Waals surface area contributed by atoms with Crippen molar-refractivity contribution >= 4 is 27.5 Å². The van der Waals surface area contributed by atoms with Gasteiger partial charge in [-0.2, -0.15) is 0 Å². The van der Waals surface area contributed by atoms with E-state index in [1.54, 1.807) is 0 Å². The predicted octanol–water partition coefficient (Wildman–Crippen LogP) is 2.87. The number of hydrogen-bond acceptors (Lipinski definition) is 3. The summed E-state index contributed by atoms with van der Waals surface area (Å²) in [5.74, 6) is 0.0868. The number of nitrogens with one attached hydrogen (secondary N) is 1. The van der Waals surface area contributed by atoms with Gasteiger partial charge >= 0.3 is 0 Å². The maximum absolute atomic E-state index is 12.2. The Kier molecular flexibility index (Phi) is 5.16. The molecule has 2 saturated heterocycles. The molecule has 2 fully saturated rings. The second kappa shape index (κ2) is 7.11. The van der Waals surface area contributed by atoms with Crippen molar-refractivity contribution in [2.75, 3.05) is 38.0 Å². The van der Waals surface area contributed by atoms with Gasteiger partial charge in [0.25, 0.3) is 0 Å². The van der Waals surface area contributed by atoms with Crippen molar-refractivity contribution in [1.82, 2.24) is 9.80 Å². The molecule has 2 aliphatic heterocycles. The van der Waals surface area contributed by atoms with Crippen LogP contribution in [0.3, 0.4) is 0 Å². The van der Waals surface area contributed by atoms with Gasteiger partial charge in [-0.1, -0.05) is 15.9 Å². The first kappa shape index (κ1) is 16.0. The first-order valence-electron chi connectivity index (χ1n) is 8.14. The lowest BCUT2D eigenvalue weighted by atomic mass is 10.2. The molecule has 0 spiro atoms. The standard InChI is InChI=1S/C17H24BrN3O/c1-13-10-14(4-5-16(13)18)19-17(22)12-20-9-6-15(11-20)21-7-2-3-8-21/h4-5,10,15H,2-3,6-9,11-12H2,1H3,(H,19,22). The van der Waals surface area contributed by atoms with Gasteiger partial charge in [0, 0.05) is 29.3 Å². The molecule has 0 aromatic heterocycles. The number of carbonyl (C=O) groups excluding carboxylic acids is 1. The molecule has 1 atom stereocenters. The van der Waals surface area contributed by atoms with Crippen LogP contribution in [0.1, 0.15) is 24.8 Å². The Morgan fingerprint density at radius 2 is 2.09 bits per heavy atom. The van der Waals surface area contributed by atoms with Crippen LogP contribution >= 0.6 is 15.9 Å². The zero-order valence-electron chi connectivity index (χ0n) is 13.1. The third-order valence-electron chi connectivity index (χ3n) is 4.71. The summed E-state index contributed by atoms with van der Waals surface area (Å²) in [4.78, 5) is 17.1. The third kappa shape index (κ3) is 3.89. The van der Waals surface area contributed by atoms with Gasteiger partial charge in [-0.05, 0) is 63.0 Å². The fourth-order valence-corrected chi connectivity index (χ4v) is 3.73. The molecule has 2 aliphatic rings. The van der Waals surface area contributed by atoms with Crippen molar-refractivity contribution in [3.05, 3.63) is 28.2 Å². The fourth-order valence-electron chi connectivity index (χ4n) is 3.49. The molecule has 2 heterocycles. The molecular formula is C17H24BrN3O. The van der Waals surface area contributed by atoms with Crippen LogP contribution < -0.4 is 5.32 Å². The normalized spacial score (nSPS) is 23.1. The molecular weight excluding hydrogens is 342 g/mol. The predicted molar refractivity (Wildman–Crippen MR) is 93.2 cm³/mol. The molecule has 1 N–H and O–H groups in total. The van der Waals surface area contributed by atoms with Crippen LogP contribution in [0.2, 0.25) is 0 Å². The summed E-state index contributed by atoms with van der Waals surface area (Å²) in [7, 11) is 0. The molecule has 4 nitrogen and oxygen atoms in total. The molecule has 0 radical (unpaired) electrons. The minimum absolute atomic E-state index is 0.0868. The van der Waals surface area contributed by atoms with E-state index in [-0.39, 0.29) is 5.91 Å². The van der Waals surface area contributed by atoms with Gasteiger partial charge in [-0.25, -0.2) is 0 Å². The summed E-state index contributed by atoms with van der Waals surface area (Å²) in [6.07, 6.45) is 3.87. The molecule has 0 saturated carbocycles. The van der Waals surface area contributed by atoms with Gasteiger partial charge in [0.15, 0.2) is 0 Å². The number of halogens is 1. The molecule has 0 bridgehead atoms. The van der Waals surface area contributed by atoms with E-state index in [0.717, 1.165) is 28.8 Å². The van der Waals surface area contributed by atoms with Crippen molar-refractivity contribution in [3.63, 3.8) is 0 Å². The summed E-state index contributed by atoms with van der Waals surface area (Å²) in [5, 5.41) is 3.01. The Labute approximate surface area is 141 Å². The smallest absolute Gasteiger partial charge is 0.238 e. The second-order valence-electron chi connectivity index (χ2n) is 6.43. The minimum Gasteiger partial charge on any atom is -0.325 e. The van der Waals surface area contributed by atoms with E-state index in [1.807, 2.05) is 25.1 Å². The van der Waals surface area contributed by atoms with Gasteiger partial charge in [-0.15, -0.1) is 0 Å². The summed E-state index contributed by atoms with van der Waals surface area (Å²) in [5.41, 5.74) is 2.01. The third-order valence-corrected chi connectivity index (χ3v) is 5.60. The van der Waals surface area contributed by atoms with E-state index >= 15 is 0 Å². The Balaban J connectivity index is 1.48. The number of carbonyl (C=O) groups is 1. The number of rotatable bonds is 4. The average molecular weight is 366 g/mol. The number of hydrogen-bond donors (Lipinski definition) is 1. The highest BCUT2D eigenvalue weighted by Crippen LogP contribution is 2.21. The second-order valence-corrected chi connectivity index (χ2v) is 7.29. The van der Waals surface area contributed by atoms with Gasteiger partial charge in [0.2, 0.25) is 5.91 Å². The maximum Gasteiger partial charge on any atom is 0.238 e. The first-order chi connectivity index (χ1) is 10.6. The van der Waals surface area contributed by atoms with Gasteiger partial charge in [-0.3, -0.25) is 14.6 Å². The summed E-state index contributed by atoms with van der Waals surface area (Å²) in [6.45, 7) is 7.08. The minimum atomic E-state index is 0.0868. The molecule has 1 aromatic rings. The maximum atomic E-state index is 12.2. The Morgan fingerprint density at radius 1 is 1.32 bits per heavy atom. The number of nitrogens with zero attached hydrogens (tertiary/aromatic N) is 2. The molecule has 1 unspecified atom stereocenters. The highest BCUT2D eigenvalue weighted by Gasteiger charge is 2.29. The van der Waals surface area contributed by atoms with Crippen LogP contribution in [0.4, 0.5) is 5.69 Å². The SMILES string of the molecule is Cc1cc(NC(=O)CN2CCC(N3CCCC3)C2)ccc1Br.